The lowest BCUT2D eigenvalue weighted by molar-refractivity contribution is 0.340. The van der Waals surface area contributed by atoms with Gasteiger partial charge < -0.3 is 15.0 Å². The van der Waals surface area contributed by atoms with Gasteiger partial charge in [-0.1, -0.05) is 18.2 Å². The Labute approximate surface area is 150 Å². The van der Waals surface area contributed by atoms with Crippen LogP contribution in [0.5, 0.6) is 5.75 Å². The van der Waals surface area contributed by atoms with E-state index >= 15 is 0 Å². The summed E-state index contributed by atoms with van der Waals surface area (Å²) in [6.45, 7) is 7.11. The smallest absolute Gasteiger partial charge is 0.193 e. The van der Waals surface area contributed by atoms with Crippen LogP contribution in [0, 0.1) is 0 Å². The van der Waals surface area contributed by atoms with Gasteiger partial charge in [0.15, 0.2) is 5.96 Å². The van der Waals surface area contributed by atoms with Gasteiger partial charge in [0.25, 0.3) is 0 Å². The third kappa shape index (κ3) is 6.45. The fourth-order valence-corrected chi connectivity index (χ4v) is 2.50. The van der Waals surface area contributed by atoms with E-state index in [1.54, 1.807) is 0 Å². The van der Waals surface area contributed by atoms with E-state index in [9.17, 15) is 0 Å². The molecule has 5 heteroatoms. The van der Waals surface area contributed by atoms with Gasteiger partial charge in [-0.2, -0.15) is 0 Å². The first-order valence-corrected chi connectivity index (χ1v) is 8.84. The van der Waals surface area contributed by atoms with Gasteiger partial charge in [-0.3, -0.25) is 9.98 Å². The maximum absolute atomic E-state index is 5.49. The quantitative estimate of drug-likeness (QED) is 0.592. The number of pyridine rings is 1. The van der Waals surface area contributed by atoms with Crippen molar-refractivity contribution in [2.24, 2.45) is 4.99 Å². The normalized spacial score (nSPS) is 11.2. The number of guanidine groups is 1. The standard InChI is InChI=1S/C20H28N4O/c1-4-21-20(23-15-13-18-8-6-7-14-22-18)24(3)16-17-9-11-19(12-10-17)25-5-2/h6-12,14H,4-5,13,15-16H2,1-3H3,(H,21,23). The molecule has 0 spiro atoms. The van der Waals surface area contributed by atoms with Crippen molar-refractivity contribution < 1.29 is 4.74 Å². The van der Waals surface area contributed by atoms with Gasteiger partial charge in [0, 0.05) is 45.0 Å². The molecule has 1 aromatic heterocycles. The van der Waals surface area contributed by atoms with Gasteiger partial charge in [0.05, 0.1) is 6.61 Å². The molecule has 2 aromatic rings. The van der Waals surface area contributed by atoms with Crippen molar-refractivity contribution in [1.82, 2.24) is 15.2 Å². The summed E-state index contributed by atoms with van der Waals surface area (Å²) >= 11 is 0. The van der Waals surface area contributed by atoms with Gasteiger partial charge in [0.1, 0.15) is 5.75 Å². The van der Waals surface area contributed by atoms with Gasteiger partial charge in [-0.25, -0.2) is 0 Å². The average molecular weight is 340 g/mol. The number of hydrogen-bond donors (Lipinski definition) is 1. The Morgan fingerprint density at radius 1 is 1.16 bits per heavy atom. The van der Waals surface area contributed by atoms with Crippen LogP contribution >= 0.6 is 0 Å². The van der Waals surface area contributed by atoms with Crippen molar-refractivity contribution >= 4 is 5.96 Å². The average Bonchev–Trinajstić information content (AvgIpc) is 2.64. The zero-order valence-electron chi connectivity index (χ0n) is 15.4. The molecule has 0 saturated carbocycles. The van der Waals surface area contributed by atoms with Gasteiger partial charge in [-0.05, 0) is 43.7 Å². The first-order valence-electron chi connectivity index (χ1n) is 8.84. The van der Waals surface area contributed by atoms with E-state index in [-0.39, 0.29) is 0 Å². The fraction of sp³-hybridized carbons (Fsp3) is 0.400. The van der Waals surface area contributed by atoms with Crippen molar-refractivity contribution in [3.8, 4) is 5.75 Å². The second-order valence-electron chi connectivity index (χ2n) is 5.74. The summed E-state index contributed by atoms with van der Waals surface area (Å²) in [5, 5.41) is 3.35. The molecular formula is C20H28N4O. The number of nitrogens with zero attached hydrogens (tertiary/aromatic N) is 3. The number of rotatable bonds is 8. The predicted molar refractivity (Wildman–Crippen MR) is 103 cm³/mol. The third-order valence-electron chi connectivity index (χ3n) is 3.71. The molecule has 1 aromatic carbocycles. The van der Waals surface area contributed by atoms with Crippen molar-refractivity contribution in [2.45, 2.75) is 26.8 Å². The molecule has 0 aliphatic rings. The number of ether oxygens (including phenoxy) is 1. The van der Waals surface area contributed by atoms with E-state index in [1.165, 1.54) is 5.56 Å². The van der Waals surface area contributed by atoms with Crippen LogP contribution < -0.4 is 10.1 Å². The predicted octanol–water partition coefficient (Wildman–Crippen LogP) is 3.12. The van der Waals surface area contributed by atoms with Crippen LogP contribution in [0.1, 0.15) is 25.1 Å². The second-order valence-corrected chi connectivity index (χ2v) is 5.74. The molecule has 25 heavy (non-hydrogen) atoms. The minimum absolute atomic E-state index is 0.687. The first kappa shape index (κ1) is 18.8. The van der Waals surface area contributed by atoms with Crippen LogP contribution in [-0.2, 0) is 13.0 Å². The summed E-state index contributed by atoms with van der Waals surface area (Å²) in [6.07, 6.45) is 2.66. The summed E-state index contributed by atoms with van der Waals surface area (Å²) in [5.41, 5.74) is 2.29. The van der Waals surface area contributed by atoms with Crippen molar-refractivity contribution in [2.75, 3.05) is 26.7 Å². The molecule has 0 atom stereocenters. The Morgan fingerprint density at radius 2 is 1.96 bits per heavy atom. The van der Waals surface area contributed by atoms with Gasteiger partial charge in [0.2, 0.25) is 0 Å². The van der Waals surface area contributed by atoms with E-state index < -0.39 is 0 Å². The van der Waals surface area contributed by atoms with E-state index in [0.29, 0.717) is 13.2 Å². The summed E-state index contributed by atoms with van der Waals surface area (Å²) in [6, 6.07) is 14.2. The minimum atomic E-state index is 0.687. The number of aliphatic imine (C=N–C) groups is 1. The Morgan fingerprint density at radius 3 is 2.60 bits per heavy atom. The molecule has 134 valence electrons. The molecule has 0 unspecified atom stereocenters. The van der Waals surface area contributed by atoms with Crippen molar-refractivity contribution in [1.29, 1.82) is 0 Å². The van der Waals surface area contributed by atoms with Crippen LogP contribution in [0.4, 0.5) is 0 Å². The second kappa shape index (κ2) is 10.3. The van der Waals surface area contributed by atoms with Crippen molar-refractivity contribution in [3.05, 3.63) is 59.9 Å². The molecule has 0 amide bonds. The molecule has 0 aliphatic carbocycles. The lowest BCUT2D eigenvalue weighted by Crippen LogP contribution is -2.38. The Balaban J connectivity index is 1.94. The largest absolute Gasteiger partial charge is 0.494 e. The summed E-state index contributed by atoms with van der Waals surface area (Å²) in [4.78, 5) is 11.2. The van der Waals surface area contributed by atoms with Crippen LogP contribution in [-0.4, -0.2) is 42.6 Å². The first-order chi connectivity index (χ1) is 12.2. The van der Waals surface area contributed by atoms with Gasteiger partial charge in [-0.15, -0.1) is 0 Å². The maximum atomic E-state index is 5.49. The highest BCUT2D eigenvalue weighted by molar-refractivity contribution is 5.79. The summed E-state index contributed by atoms with van der Waals surface area (Å²) in [7, 11) is 2.05. The number of nitrogens with one attached hydrogen (secondary N) is 1. The van der Waals surface area contributed by atoms with Gasteiger partial charge >= 0.3 is 0 Å². The minimum Gasteiger partial charge on any atom is -0.494 e. The molecule has 1 N–H and O–H groups in total. The van der Waals surface area contributed by atoms with E-state index in [1.807, 2.05) is 43.5 Å². The molecule has 0 radical (unpaired) electrons. The number of benzene rings is 1. The van der Waals surface area contributed by atoms with E-state index in [0.717, 1.165) is 36.9 Å². The molecule has 5 nitrogen and oxygen atoms in total. The SMILES string of the molecule is CCNC(=NCCc1ccccn1)N(C)Cc1ccc(OCC)cc1. The topological polar surface area (TPSA) is 49.8 Å². The van der Waals surface area contributed by atoms with Crippen LogP contribution in [0.3, 0.4) is 0 Å². The monoisotopic (exact) mass is 340 g/mol. The molecular weight excluding hydrogens is 312 g/mol. The molecule has 2 rings (SSSR count). The zero-order valence-corrected chi connectivity index (χ0v) is 15.4. The summed E-state index contributed by atoms with van der Waals surface area (Å²) < 4.78 is 5.49. The molecule has 0 bridgehead atoms. The maximum Gasteiger partial charge on any atom is 0.193 e. The number of hydrogen-bond acceptors (Lipinski definition) is 3. The molecule has 0 saturated heterocycles. The third-order valence-corrected chi connectivity index (χ3v) is 3.71. The van der Waals surface area contributed by atoms with E-state index in [2.05, 4.69) is 41.3 Å². The van der Waals surface area contributed by atoms with Crippen LogP contribution in [0.25, 0.3) is 0 Å². The van der Waals surface area contributed by atoms with E-state index in [4.69, 9.17) is 9.73 Å². The number of aromatic nitrogens is 1. The Kier molecular flexibility index (Phi) is 7.76. The van der Waals surface area contributed by atoms with Crippen LogP contribution in [0.2, 0.25) is 0 Å². The highest BCUT2D eigenvalue weighted by atomic mass is 16.5. The van der Waals surface area contributed by atoms with Crippen molar-refractivity contribution in [3.63, 3.8) is 0 Å². The molecule has 0 fully saturated rings. The lowest BCUT2D eigenvalue weighted by Gasteiger charge is -2.22. The van der Waals surface area contributed by atoms with Crippen LogP contribution in [0.15, 0.2) is 53.7 Å². The fourth-order valence-electron chi connectivity index (χ4n) is 2.50. The Bertz CT molecular complexity index is 641. The highest BCUT2D eigenvalue weighted by Crippen LogP contribution is 2.13. The molecule has 0 aliphatic heterocycles. The highest BCUT2D eigenvalue weighted by Gasteiger charge is 2.07. The molecule has 1 heterocycles. The summed E-state index contributed by atoms with van der Waals surface area (Å²) in [5.74, 6) is 1.82. The Hall–Kier alpha value is -2.56. The lowest BCUT2D eigenvalue weighted by atomic mass is 10.2. The zero-order chi connectivity index (χ0) is 17.9.